The molecule has 38 heavy (non-hydrogen) atoms. The number of pyridine rings is 1. The smallest absolute Gasteiger partial charge is 0.244 e. The van der Waals surface area contributed by atoms with Crippen molar-refractivity contribution in [3.8, 4) is 0 Å². The van der Waals surface area contributed by atoms with Crippen LogP contribution in [0.4, 0.5) is 23.3 Å². The van der Waals surface area contributed by atoms with Crippen LogP contribution in [0, 0.1) is 17.3 Å². The molecule has 10 heteroatoms. The lowest BCUT2D eigenvalue weighted by Crippen LogP contribution is -2.78. The van der Waals surface area contributed by atoms with Gasteiger partial charge in [0.25, 0.3) is 0 Å². The van der Waals surface area contributed by atoms with E-state index >= 15 is 0 Å². The number of fused-ring (bicyclic) bond motifs is 1. The molecule has 2 amide bonds. The number of carbonyl (C=O) groups excluding carboxylic acids is 2. The third-order valence-electron chi connectivity index (χ3n) is 10.1. The first kappa shape index (κ1) is 23.8. The van der Waals surface area contributed by atoms with Crippen molar-refractivity contribution >= 4 is 35.1 Å². The van der Waals surface area contributed by atoms with E-state index in [1.54, 1.807) is 6.20 Å². The first-order valence-electron chi connectivity index (χ1n) is 14.0. The molecule has 5 fully saturated rings. The van der Waals surface area contributed by atoms with Crippen LogP contribution in [0.25, 0.3) is 0 Å². The zero-order valence-corrected chi connectivity index (χ0v) is 22.4. The second-order valence-electron chi connectivity index (χ2n) is 12.2. The van der Waals surface area contributed by atoms with E-state index in [1.165, 1.54) is 0 Å². The summed E-state index contributed by atoms with van der Waals surface area (Å²) in [6, 6.07) is 4.61. The van der Waals surface area contributed by atoms with Gasteiger partial charge in [-0.1, -0.05) is 6.92 Å². The predicted molar refractivity (Wildman–Crippen MR) is 144 cm³/mol. The van der Waals surface area contributed by atoms with Crippen LogP contribution < -0.4 is 20.4 Å². The van der Waals surface area contributed by atoms with Gasteiger partial charge in [-0.15, -0.1) is 0 Å². The van der Waals surface area contributed by atoms with Crippen LogP contribution >= 0.6 is 0 Å². The summed E-state index contributed by atoms with van der Waals surface area (Å²) in [5, 5.41) is 6.14. The van der Waals surface area contributed by atoms with Crippen molar-refractivity contribution < 1.29 is 9.59 Å². The summed E-state index contributed by atoms with van der Waals surface area (Å²) >= 11 is 0. The molecule has 2 aromatic rings. The van der Waals surface area contributed by atoms with Crippen LogP contribution in [-0.2, 0) is 16.0 Å². The molecule has 3 aliphatic carbocycles. The molecule has 2 bridgehead atoms. The van der Waals surface area contributed by atoms with E-state index in [-0.39, 0.29) is 17.4 Å². The fourth-order valence-corrected chi connectivity index (χ4v) is 7.28. The average molecular weight is 517 g/mol. The zero-order chi connectivity index (χ0) is 26.2. The van der Waals surface area contributed by atoms with Crippen LogP contribution in [0.5, 0.6) is 0 Å². The first-order valence-corrected chi connectivity index (χ1v) is 14.0. The quantitative estimate of drug-likeness (QED) is 0.584. The molecule has 10 nitrogen and oxygen atoms in total. The molecule has 3 saturated carbocycles. The van der Waals surface area contributed by atoms with Crippen molar-refractivity contribution in [3.05, 3.63) is 30.1 Å². The van der Waals surface area contributed by atoms with Gasteiger partial charge in [-0.25, -0.2) is 9.97 Å². The van der Waals surface area contributed by atoms with Crippen LogP contribution in [0.2, 0.25) is 0 Å². The second kappa shape index (κ2) is 8.36. The maximum absolute atomic E-state index is 14.0. The maximum atomic E-state index is 14.0. The van der Waals surface area contributed by atoms with Gasteiger partial charge in [0.2, 0.25) is 17.8 Å². The maximum Gasteiger partial charge on any atom is 0.244 e. The third kappa shape index (κ3) is 3.31. The number of nitrogens with zero attached hydrogens (tertiary/aromatic N) is 6. The number of hydrogen-bond donors (Lipinski definition) is 2. The van der Waals surface area contributed by atoms with E-state index in [9.17, 15) is 9.59 Å². The third-order valence-corrected chi connectivity index (χ3v) is 10.1. The summed E-state index contributed by atoms with van der Waals surface area (Å²) in [5.74, 6) is 2.57. The Hall–Kier alpha value is -3.27. The molecule has 2 atom stereocenters. The Balaban J connectivity index is 1.13. The van der Waals surface area contributed by atoms with Gasteiger partial charge in [0.15, 0.2) is 0 Å². The number of amides is 2. The van der Waals surface area contributed by atoms with Crippen LogP contribution in [0.15, 0.2) is 24.5 Å². The average Bonchev–Trinajstić information content (AvgIpc) is 3.27. The molecule has 200 valence electrons. The molecule has 3 aliphatic heterocycles. The largest absolute Gasteiger partial charge is 0.368 e. The molecule has 6 aliphatic rings. The molecule has 1 spiro atoms. The first-order chi connectivity index (χ1) is 18.3. The Morgan fingerprint density at radius 3 is 2.45 bits per heavy atom. The highest BCUT2D eigenvalue weighted by Crippen LogP contribution is 2.67. The summed E-state index contributed by atoms with van der Waals surface area (Å²) in [6.07, 6.45) is 6.53. The van der Waals surface area contributed by atoms with Gasteiger partial charge < -0.3 is 15.5 Å². The van der Waals surface area contributed by atoms with E-state index in [1.807, 2.05) is 17.2 Å². The Bertz CT molecular complexity index is 1280. The van der Waals surface area contributed by atoms with Gasteiger partial charge in [-0.2, -0.15) is 4.98 Å². The van der Waals surface area contributed by atoms with E-state index < -0.39 is 5.41 Å². The Morgan fingerprint density at radius 1 is 1.08 bits per heavy atom. The van der Waals surface area contributed by atoms with Crippen LogP contribution in [0.3, 0.4) is 0 Å². The number of rotatable bonds is 5. The zero-order valence-electron chi connectivity index (χ0n) is 22.4. The van der Waals surface area contributed by atoms with Crippen LogP contribution in [0.1, 0.15) is 45.6 Å². The molecule has 2 aromatic heterocycles. The molecule has 2 saturated heterocycles. The fraction of sp³-hybridized carbons (Fsp3) is 0.607. The van der Waals surface area contributed by atoms with Gasteiger partial charge in [0.05, 0.1) is 17.4 Å². The predicted octanol–water partition coefficient (Wildman–Crippen LogP) is 2.34. The molecular weight excluding hydrogens is 480 g/mol. The van der Waals surface area contributed by atoms with Gasteiger partial charge in [-0.05, 0) is 57.1 Å². The Kier molecular flexibility index (Phi) is 5.24. The van der Waals surface area contributed by atoms with Crippen molar-refractivity contribution in [2.24, 2.45) is 17.3 Å². The minimum atomic E-state index is -1.03. The molecule has 5 heterocycles. The van der Waals surface area contributed by atoms with Crippen molar-refractivity contribution in [1.29, 1.82) is 0 Å². The molecule has 8 rings (SSSR count). The Morgan fingerprint density at radius 2 is 1.87 bits per heavy atom. The lowest BCUT2D eigenvalue weighted by Gasteiger charge is -2.71. The molecule has 2 N–H and O–H groups in total. The number of anilines is 4. The van der Waals surface area contributed by atoms with Crippen molar-refractivity contribution in [2.75, 3.05) is 47.8 Å². The van der Waals surface area contributed by atoms with Gasteiger partial charge in [0, 0.05) is 56.9 Å². The van der Waals surface area contributed by atoms with Crippen molar-refractivity contribution in [1.82, 2.24) is 25.2 Å². The summed E-state index contributed by atoms with van der Waals surface area (Å²) in [4.78, 5) is 47.7. The normalized spacial score (nSPS) is 32.2. The minimum Gasteiger partial charge on any atom is -0.368 e. The molecule has 0 radical (unpaired) electrons. The summed E-state index contributed by atoms with van der Waals surface area (Å²) < 4.78 is 0. The second-order valence-corrected chi connectivity index (χ2v) is 12.2. The summed E-state index contributed by atoms with van der Waals surface area (Å²) in [5.41, 5.74) is 0.726. The Labute approximate surface area is 223 Å². The topological polar surface area (TPSA) is 107 Å². The fourth-order valence-electron chi connectivity index (χ4n) is 7.28. The number of carbonyl (C=O) groups is 2. The lowest BCUT2D eigenvalue weighted by atomic mass is 9.42. The van der Waals surface area contributed by atoms with E-state index in [0.29, 0.717) is 54.8 Å². The highest BCUT2D eigenvalue weighted by molar-refractivity contribution is 6.15. The van der Waals surface area contributed by atoms with Crippen molar-refractivity contribution in [2.45, 2.75) is 58.0 Å². The van der Waals surface area contributed by atoms with E-state index in [0.717, 1.165) is 50.3 Å². The monoisotopic (exact) mass is 516 g/mol. The summed E-state index contributed by atoms with van der Waals surface area (Å²) in [6.45, 7) is 11.3. The summed E-state index contributed by atoms with van der Waals surface area (Å²) in [7, 11) is 0. The van der Waals surface area contributed by atoms with Crippen LogP contribution in [-0.4, -0.2) is 76.0 Å². The standard InChI is InChI=1S/C28H36N8O2/c1-17(2)34-8-10-35(11-9-34)21-4-5-22(30-16-21)32-26-31-15-20-12-27(6-7-29-24(27)37)25(38)36(23(20)33-26)28-13-19(14-28)18(28)3/h4-5,15-19H,6-14H2,1-3H3,(H,29,37)(H,30,31,32,33)/t18-,19?,27-,28?/m1/s1. The number of piperazine rings is 1. The number of nitrogens with one attached hydrogen (secondary N) is 2. The van der Waals surface area contributed by atoms with Gasteiger partial charge in [0.1, 0.15) is 17.1 Å². The highest BCUT2D eigenvalue weighted by Gasteiger charge is 2.71. The van der Waals surface area contributed by atoms with E-state index in [2.05, 4.69) is 57.2 Å². The highest BCUT2D eigenvalue weighted by atomic mass is 16.2. The molecular formula is C28H36N8O2. The number of hydrogen-bond acceptors (Lipinski definition) is 8. The molecule has 0 aromatic carbocycles. The van der Waals surface area contributed by atoms with Gasteiger partial charge >= 0.3 is 0 Å². The molecule has 0 unspecified atom stereocenters. The SMILES string of the molecule is CC(C)N1CCN(c2ccc(Nc3ncc4c(n3)N(C35CC(C3)[C@H]5C)C(=O)[C@]3(CCNC3=O)C4)nc2)CC1. The van der Waals surface area contributed by atoms with Gasteiger partial charge in [-0.3, -0.25) is 19.4 Å². The van der Waals surface area contributed by atoms with Crippen molar-refractivity contribution in [3.63, 3.8) is 0 Å². The minimum absolute atomic E-state index is 0.0882. The number of aromatic nitrogens is 3. The van der Waals surface area contributed by atoms with E-state index in [4.69, 9.17) is 4.98 Å². The lowest BCUT2D eigenvalue weighted by molar-refractivity contribution is -0.151.